The monoisotopic (exact) mass is 266 g/mol. The standard InChI is InChI=1S/C13H18N2O4/c1-18-12(16)8-7-11(14)13(17)15-19-9-10-5-3-2-4-6-10/h2-6,11H,7-9,14H2,1H3,(H,15,17)/t11-/m0/s1. The summed E-state index contributed by atoms with van der Waals surface area (Å²) in [4.78, 5) is 27.5. The van der Waals surface area contributed by atoms with Crippen molar-refractivity contribution < 1.29 is 19.2 Å². The van der Waals surface area contributed by atoms with Crippen molar-refractivity contribution >= 4 is 11.9 Å². The van der Waals surface area contributed by atoms with Crippen molar-refractivity contribution in [2.75, 3.05) is 7.11 Å². The normalized spacial score (nSPS) is 11.7. The van der Waals surface area contributed by atoms with E-state index in [2.05, 4.69) is 10.2 Å². The highest BCUT2D eigenvalue weighted by atomic mass is 16.6. The molecular formula is C13H18N2O4. The van der Waals surface area contributed by atoms with Crippen molar-refractivity contribution in [3.05, 3.63) is 35.9 Å². The summed E-state index contributed by atoms with van der Waals surface area (Å²) in [5, 5.41) is 0. The SMILES string of the molecule is COC(=O)CC[C@H](N)C(=O)NOCc1ccccc1. The maximum absolute atomic E-state index is 11.5. The molecule has 0 aliphatic heterocycles. The van der Waals surface area contributed by atoms with Gasteiger partial charge in [-0.2, -0.15) is 0 Å². The topological polar surface area (TPSA) is 90.7 Å². The van der Waals surface area contributed by atoms with Crippen LogP contribution in [0, 0.1) is 0 Å². The van der Waals surface area contributed by atoms with Crippen LogP contribution < -0.4 is 11.2 Å². The molecule has 3 N–H and O–H groups in total. The molecule has 0 radical (unpaired) electrons. The Morgan fingerprint density at radius 3 is 2.63 bits per heavy atom. The van der Waals surface area contributed by atoms with Gasteiger partial charge in [0.2, 0.25) is 0 Å². The summed E-state index contributed by atoms with van der Waals surface area (Å²) in [6.07, 6.45) is 0.316. The van der Waals surface area contributed by atoms with E-state index in [1.807, 2.05) is 30.3 Å². The molecule has 0 unspecified atom stereocenters. The summed E-state index contributed by atoms with van der Waals surface area (Å²) in [5.41, 5.74) is 8.79. The fraction of sp³-hybridized carbons (Fsp3) is 0.385. The van der Waals surface area contributed by atoms with E-state index in [1.165, 1.54) is 7.11 Å². The Morgan fingerprint density at radius 2 is 2.00 bits per heavy atom. The highest BCUT2D eigenvalue weighted by Crippen LogP contribution is 2.00. The van der Waals surface area contributed by atoms with Crippen molar-refractivity contribution in [3.63, 3.8) is 0 Å². The third-order valence-corrected chi connectivity index (χ3v) is 2.48. The molecule has 1 aromatic rings. The summed E-state index contributed by atoms with van der Waals surface area (Å²) in [6, 6.07) is 8.61. The quantitative estimate of drug-likeness (QED) is 0.554. The number of ether oxygens (including phenoxy) is 1. The third kappa shape index (κ3) is 5.98. The molecule has 104 valence electrons. The molecular weight excluding hydrogens is 248 g/mol. The number of amides is 1. The number of carbonyl (C=O) groups is 2. The number of esters is 1. The first-order valence-corrected chi connectivity index (χ1v) is 5.91. The molecule has 0 fully saturated rings. The van der Waals surface area contributed by atoms with Crippen molar-refractivity contribution in [3.8, 4) is 0 Å². The summed E-state index contributed by atoms with van der Waals surface area (Å²) in [6.45, 7) is 0.260. The average molecular weight is 266 g/mol. The van der Waals surface area contributed by atoms with Crippen LogP contribution in [-0.4, -0.2) is 25.0 Å². The number of methoxy groups -OCH3 is 1. The first-order chi connectivity index (χ1) is 9.13. The van der Waals surface area contributed by atoms with E-state index in [-0.39, 0.29) is 19.4 Å². The maximum atomic E-state index is 11.5. The highest BCUT2D eigenvalue weighted by molar-refractivity contribution is 5.81. The zero-order valence-corrected chi connectivity index (χ0v) is 10.8. The van der Waals surface area contributed by atoms with Gasteiger partial charge in [-0.3, -0.25) is 14.4 Å². The van der Waals surface area contributed by atoms with Crippen LogP contribution in [0.1, 0.15) is 18.4 Å². The van der Waals surface area contributed by atoms with Crippen molar-refractivity contribution in [1.29, 1.82) is 0 Å². The van der Waals surface area contributed by atoms with Gasteiger partial charge in [0.1, 0.15) is 0 Å². The van der Waals surface area contributed by atoms with Gasteiger partial charge < -0.3 is 10.5 Å². The second kappa shape index (κ2) is 8.23. The van der Waals surface area contributed by atoms with E-state index >= 15 is 0 Å². The predicted molar refractivity (Wildman–Crippen MR) is 68.6 cm³/mol. The molecule has 1 aromatic carbocycles. The second-order valence-corrected chi connectivity index (χ2v) is 3.96. The minimum Gasteiger partial charge on any atom is -0.469 e. The zero-order valence-electron chi connectivity index (χ0n) is 10.8. The first-order valence-electron chi connectivity index (χ1n) is 5.91. The van der Waals surface area contributed by atoms with Crippen LogP contribution in [-0.2, 0) is 25.8 Å². The number of nitrogens with two attached hydrogens (primary N) is 1. The number of hydrogen-bond donors (Lipinski definition) is 2. The number of carbonyl (C=O) groups excluding carboxylic acids is 2. The van der Waals surface area contributed by atoms with Crippen LogP contribution in [0.3, 0.4) is 0 Å². The Hall–Kier alpha value is -1.92. The fourth-order valence-corrected chi connectivity index (χ4v) is 1.35. The molecule has 0 saturated carbocycles. The molecule has 0 bridgehead atoms. The minimum absolute atomic E-state index is 0.101. The van der Waals surface area contributed by atoms with Gasteiger partial charge in [-0.05, 0) is 12.0 Å². The second-order valence-electron chi connectivity index (χ2n) is 3.96. The summed E-state index contributed by atoms with van der Waals surface area (Å²) >= 11 is 0. The lowest BCUT2D eigenvalue weighted by Gasteiger charge is -2.11. The van der Waals surface area contributed by atoms with Gasteiger partial charge in [-0.25, -0.2) is 5.48 Å². The van der Waals surface area contributed by atoms with Crippen molar-refractivity contribution in [2.45, 2.75) is 25.5 Å². The summed E-state index contributed by atoms with van der Waals surface area (Å²) in [7, 11) is 1.29. The van der Waals surface area contributed by atoms with Crippen LogP contribution in [0.4, 0.5) is 0 Å². The van der Waals surface area contributed by atoms with E-state index in [0.29, 0.717) is 0 Å². The van der Waals surface area contributed by atoms with Gasteiger partial charge >= 0.3 is 5.97 Å². The minimum atomic E-state index is -0.796. The largest absolute Gasteiger partial charge is 0.469 e. The third-order valence-electron chi connectivity index (χ3n) is 2.48. The van der Waals surface area contributed by atoms with Gasteiger partial charge in [-0.15, -0.1) is 0 Å². The molecule has 0 aliphatic rings. The van der Waals surface area contributed by atoms with E-state index in [1.54, 1.807) is 0 Å². The average Bonchev–Trinajstić information content (AvgIpc) is 2.45. The molecule has 1 rings (SSSR count). The molecule has 1 amide bonds. The molecule has 0 spiro atoms. The molecule has 6 heteroatoms. The molecule has 0 saturated heterocycles. The molecule has 6 nitrogen and oxygen atoms in total. The lowest BCUT2D eigenvalue weighted by atomic mass is 10.1. The maximum Gasteiger partial charge on any atom is 0.305 e. The number of rotatable bonds is 7. The van der Waals surface area contributed by atoms with Crippen LogP contribution in [0.5, 0.6) is 0 Å². The Labute approximate surface area is 111 Å². The van der Waals surface area contributed by atoms with E-state index in [4.69, 9.17) is 10.6 Å². The lowest BCUT2D eigenvalue weighted by molar-refractivity contribution is -0.141. The Morgan fingerprint density at radius 1 is 1.32 bits per heavy atom. The smallest absolute Gasteiger partial charge is 0.305 e. The highest BCUT2D eigenvalue weighted by Gasteiger charge is 2.15. The Bertz CT molecular complexity index is 408. The number of benzene rings is 1. The molecule has 0 aromatic heterocycles. The number of hydroxylamine groups is 1. The summed E-state index contributed by atoms with van der Waals surface area (Å²) < 4.78 is 4.46. The van der Waals surface area contributed by atoms with Crippen molar-refractivity contribution in [2.24, 2.45) is 5.73 Å². The van der Waals surface area contributed by atoms with Gasteiger partial charge in [-0.1, -0.05) is 30.3 Å². The van der Waals surface area contributed by atoms with Gasteiger partial charge in [0.15, 0.2) is 0 Å². The van der Waals surface area contributed by atoms with Gasteiger partial charge in [0, 0.05) is 6.42 Å². The van der Waals surface area contributed by atoms with E-state index < -0.39 is 17.9 Å². The molecule has 1 atom stereocenters. The fourth-order valence-electron chi connectivity index (χ4n) is 1.35. The first kappa shape index (κ1) is 15.1. The van der Waals surface area contributed by atoms with Crippen molar-refractivity contribution in [1.82, 2.24) is 5.48 Å². The molecule has 0 aliphatic carbocycles. The van der Waals surface area contributed by atoms with Crippen LogP contribution in [0.25, 0.3) is 0 Å². The lowest BCUT2D eigenvalue weighted by Crippen LogP contribution is -2.40. The van der Waals surface area contributed by atoms with Gasteiger partial charge in [0.25, 0.3) is 5.91 Å². The Kier molecular flexibility index (Phi) is 6.56. The van der Waals surface area contributed by atoms with Crippen LogP contribution >= 0.6 is 0 Å². The van der Waals surface area contributed by atoms with E-state index in [0.717, 1.165) is 5.56 Å². The van der Waals surface area contributed by atoms with Crippen LogP contribution in [0.2, 0.25) is 0 Å². The number of hydrogen-bond acceptors (Lipinski definition) is 5. The molecule has 0 heterocycles. The predicted octanol–water partition coefficient (Wildman–Crippen LogP) is 0.515. The Balaban J connectivity index is 2.21. The molecule has 19 heavy (non-hydrogen) atoms. The van der Waals surface area contributed by atoms with Gasteiger partial charge in [0.05, 0.1) is 19.8 Å². The summed E-state index contributed by atoms with van der Waals surface area (Å²) in [5.74, 6) is -0.853. The number of nitrogens with one attached hydrogen (secondary N) is 1. The van der Waals surface area contributed by atoms with E-state index in [9.17, 15) is 9.59 Å². The van der Waals surface area contributed by atoms with Crippen LogP contribution in [0.15, 0.2) is 30.3 Å². The zero-order chi connectivity index (χ0) is 14.1.